The third-order valence-corrected chi connectivity index (χ3v) is 3.18. The van der Waals surface area contributed by atoms with E-state index in [1.54, 1.807) is 0 Å². The molecule has 2 nitrogen and oxygen atoms in total. The van der Waals surface area contributed by atoms with Gasteiger partial charge in [0, 0.05) is 12.0 Å². The van der Waals surface area contributed by atoms with Gasteiger partial charge in [-0.3, -0.25) is 4.79 Å². The van der Waals surface area contributed by atoms with Crippen LogP contribution in [0.25, 0.3) is 0 Å². The van der Waals surface area contributed by atoms with E-state index in [2.05, 4.69) is 37.4 Å². The summed E-state index contributed by atoms with van der Waals surface area (Å²) in [5.74, 6) is 0.103. The smallest absolute Gasteiger partial charge is 0.225 e. The lowest BCUT2D eigenvalue weighted by Gasteiger charge is -2.19. The van der Waals surface area contributed by atoms with Crippen molar-refractivity contribution >= 4 is 5.91 Å². The highest BCUT2D eigenvalue weighted by Crippen LogP contribution is 2.16. The van der Waals surface area contributed by atoms with E-state index in [4.69, 9.17) is 0 Å². The third-order valence-electron chi connectivity index (χ3n) is 3.18. The Morgan fingerprint density at radius 3 is 2.28 bits per heavy atom. The van der Waals surface area contributed by atoms with Crippen LogP contribution >= 0.6 is 0 Å². The summed E-state index contributed by atoms with van der Waals surface area (Å²) in [5.41, 5.74) is 3.57. The van der Waals surface area contributed by atoms with Crippen LogP contribution in [0.4, 0.5) is 0 Å². The molecule has 0 aromatic heterocycles. The molecule has 18 heavy (non-hydrogen) atoms. The Morgan fingerprint density at radius 2 is 1.78 bits per heavy atom. The molecule has 2 heteroatoms. The molecule has 0 radical (unpaired) electrons. The number of rotatable bonds is 4. The van der Waals surface area contributed by atoms with Gasteiger partial charge in [-0.05, 0) is 29.5 Å². The molecule has 0 spiro atoms. The summed E-state index contributed by atoms with van der Waals surface area (Å²) in [5, 5.41) is 3.03. The highest BCUT2D eigenvalue weighted by Gasteiger charge is 2.20. The number of aryl methyl sites for hydroxylation is 2. The van der Waals surface area contributed by atoms with E-state index in [0.29, 0.717) is 6.54 Å². The zero-order valence-electron chi connectivity index (χ0n) is 12.3. The van der Waals surface area contributed by atoms with Crippen molar-refractivity contribution < 1.29 is 4.79 Å². The van der Waals surface area contributed by atoms with Crippen LogP contribution in [-0.4, -0.2) is 5.91 Å². The van der Waals surface area contributed by atoms with Crippen LogP contribution in [0, 0.1) is 5.41 Å². The fourth-order valence-corrected chi connectivity index (χ4v) is 1.85. The summed E-state index contributed by atoms with van der Waals surface area (Å²) in [6.45, 7) is 10.7. The molecule has 1 aromatic rings. The van der Waals surface area contributed by atoms with Crippen molar-refractivity contribution in [3.63, 3.8) is 0 Å². The van der Waals surface area contributed by atoms with Crippen LogP contribution in [-0.2, 0) is 24.2 Å². The molecule has 0 heterocycles. The average molecular weight is 247 g/mol. The van der Waals surface area contributed by atoms with Crippen molar-refractivity contribution in [2.24, 2.45) is 5.41 Å². The van der Waals surface area contributed by atoms with Gasteiger partial charge in [-0.1, -0.05) is 52.8 Å². The van der Waals surface area contributed by atoms with E-state index in [0.717, 1.165) is 12.8 Å². The number of carbonyl (C=O) groups excluding carboxylic acids is 1. The third kappa shape index (κ3) is 3.86. The second kappa shape index (κ2) is 6.03. The minimum Gasteiger partial charge on any atom is -0.352 e. The fraction of sp³-hybridized carbons (Fsp3) is 0.562. The van der Waals surface area contributed by atoms with E-state index in [-0.39, 0.29) is 11.3 Å². The molecule has 0 atom stereocenters. The minimum atomic E-state index is -0.325. The molecular weight excluding hydrogens is 222 g/mol. The molecule has 1 aromatic carbocycles. The van der Waals surface area contributed by atoms with Gasteiger partial charge in [0.05, 0.1) is 0 Å². The van der Waals surface area contributed by atoms with Crippen molar-refractivity contribution in [3.05, 3.63) is 34.9 Å². The Kier molecular flexibility index (Phi) is 4.94. The van der Waals surface area contributed by atoms with Crippen LogP contribution < -0.4 is 5.32 Å². The quantitative estimate of drug-likeness (QED) is 0.867. The van der Waals surface area contributed by atoms with Crippen molar-refractivity contribution in [3.8, 4) is 0 Å². The normalized spacial score (nSPS) is 11.4. The van der Waals surface area contributed by atoms with Crippen LogP contribution in [0.5, 0.6) is 0 Å². The van der Waals surface area contributed by atoms with Gasteiger partial charge in [0.25, 0.3) is 0 Å². The van der Waals surface area contributed by atoms with Gasteiger partial charge in [0.1, 0.15) is 0 Å². The average Bonchev–Trinajstić information content (AvgIpc) is 2.34. The van der Waals surface area contributed by atoms with E-state index in [1.807, 2.05) is 20.8 Å². The van der Waals surface area contributed by atoms with Crippen LogP contribution in [0.1, 0.15) is 51.3 Å². The van der Waals surface area contributed by atoms with E-state index >= 15 is 0 Å². The molecular formula is C16H25NO. The van der Waals surface area contributed by atoms with E-state index < -0.39 is 0 Å². The Morgan fingerprint density at radius 1 is 1.11 bits per heavy atom. The molecule has 0 aliphatic heterocycles. The van der Waals surface area contributed by atoms with Gasteiger partial charge < -0.3 is 5.32 Å². The number of amides is 1. The summed E-state index contributed by atoms with van der Waals surface area (Å²) in [6, 6.07) is 6.56. The molecule has 0 saturated heterocycles. The first-order valence-electron chi connectivity index (χ1n) is 6.77. The first kappa shape index (κ1) is 14.7. The standard InChI is InChI=1S/C16H25NO/c1-6-12-8-9-13(7-2)14(10-12)11-17-15(18)16(3,4)5/h8-10H,6-7,11H2,1-5H3,(H,17,18). The molecule has 0 aliphatic carbocycles. The van der Waals surface area contributed by atoms with Crippen molar-refractivity contribution in [2.75, 3.05) is 0 Å². The lowest BCUT2D eigenvalue weighted by Crippen LogP contribution is -2.34. The highest BCUT2D eigenvalue weighted by molar-refractivity contribution is 5.81. The maximum absolute atomic E-state index is 11.9. The molecule has 0 saturated carbocycles. The number of hydrogen-bond acceptors (Lipinski definition) is 1. The van der Waals surface area contributed by atoms with Crippen molar-refractivity contribution in [2.45, 2.75) is 54.0 Å². The van der Waals surface area contributed by atoms with Crippen molar-refractivity contribution in [1.82, 2.24) is 5.32 Å². The predicted molar refractivity (Wildman–Crippen MR) is 76.5 cm³/mol. The molecule has 0 aliphatic rings. The first-order valence-corrected chi connectivity index (χ1v) is 6.77. The Hall–Kier alpha value is -1.31. The SMILES string of the molecule is CCc1ccc(CC)c(CNC(=O)C(C)(C)C)c1. The molecule has 0 fully saturated rings. The highest BCUT2D eigenvalue weighted by atomic mass is 16.2. The zero-order valence-corrected chi connectivity index (χ0v) is 12.3. The summed E-state index contributed by atoms with van der Waals surface area (Å²) >= 11 is 0. The lowest BCUT2D eigenvalue weighted by atomic mass is 9.95. The predicted octanol–water partition coefficient (Wildman–Crippen LogP) is 3.47. The fourth-order valence-electron chi connectivity index (χ4n) is 1.85. The molecule has 1 amide bonds. The van der Waals surface area contributed by atoms with Gasteiger partial charge in [-0.25, -0.2) is 0 Å². The molecule has 1 rings (SSSR count). The molecule has 100 valence electrons. The summed E-state index contributed by atoms with van der Waals surface area (Å²) < 4.78 is 0. The number of benzene rings is 1. The second-order valence-electron chi connectivity index (χ2n) is 5.74. The first-order chi connectivity index (χ1) is 8.38. The van der Waals surface area contributed by atoms with Crippen LogP contribution in [0.15, 0.2) is 18.2 Å². The second-order valence-corrected chi connectivity index (χ2v) is 5.74. The van der Waals surface area contributed by atoms with Crippen LogP contribution in [0.3, 0.4) is 0 Å². The van der Waals surface area contributed by atoms with Gasteiger partial charge in [0.15, 0.2) is 0 Å². The molecule has 0 bridgehead atoms. The molecule has 0 unspecified atom stereocenters. The summed E-state index contributed by atoms with van der Waals surface area (Å²) in [6.07, 6.45) is 2.04. The number of hydrogen-bond donors (Lipinski definition) is 1. The van der Waals surface area contributed by atoms with E-state index in [1.165, 1.54) is 16.7 Å². The molecule has 1 N–H and O–H groups in total. The largest absolute Gasteiger partial charge is 0.352 e. The number of carbonyl (C=O) groups is 1. The Labute approximate surface area is 111 Å². The monoisotopic (exact) mass is 247 g/mol. The van der Waals surface area contributed by atoms with E-state index in [9.17, 15) is 4.79 Å². The summed E-state index contributed by atoms with van der Waals surface area (Å²) in [4.78, 5) is 11.9. The van der Waals surface area contributed by atoms with Gasteiger partial charge in [-0.15, -0.1) is 0 Å². The minimum absolute atomic E-state index is 0.103. The van der Waals surface area contributed by atoms with Gasteiger partial charge in [0.2, 0.25) is 5.91 Å². The maximum Gasteiger partial charge on any atom is 0.225 e. The zero-order chi connectivity index (χ0) is 13.8. The Bertz CT molecular complexity index is 416. The van der Waals surface area contributed by atoms with Gasteiger partial charge >= 0.3 is 0 Å². The summed E-state index contributed by atoms with van der Waals surface area (Å²) in [7, 11) is 0. The number of nitrogens with one attached hydrogen (secondary N) is 1. The topological polar surface area (TPSA) is 29.1 Å². The van der Waals surface area contributed by atoms with Crippen LogP contribution in [0.2, 0.25) is 0 Å². The Balaban J connectivity index is 2.80. The lowest BCUT2D eigenvalue weighted by molar-refractivity contribution is -0.128. The van der Waals surface area contributed by atoms with Gasteiger partial charge in [-0.2, -0.15) is 0 Å². The maximum atomic E-state index is 11.9. The van der Waals surface area contributed by atoms with Crippen molar-refractivity contribution in [1.29, 1.82) is 0 Å².